The standard InChI is InChI=1S/C22H22F3N5O3/c1-33-18-7-3-6-16(13-18)27-20(31)26-10-11-29-21(32)30(17-8-9-17)19(28-29)14-4-2-5-15(12-14)22(23,24)25/h2-7,12-13,17H,8-11H2,1H3,(H2,26,27,31). The van der Waals surface area contributed by atoms with E-state index in [1.165, 1.54) is 28.5 Å². The summed E-state index contributed by atoms with van der Waals surface area (Å²) in [6.07, 6.45) is -2.97. The minimum atomic E-state index is -4.50. The molecule has 0 aliphatic heterocycles. The number of nitrogens with zero attached hydrogens (tertiary/aromatic N) is 3. The zero-order valence-electron chi connectivity index (χ0n) is 17.7. The first-order valence-electron chi connectivity index (χ1n) is 10.3. The molecule has 0 spiro atoms. The van der Waals surface area contributed by atoms with Gasteiger partial charge in [0.2, 0.25) is 0 Å². The van der Waals surface area contributed by atoms with Gasteiger partial charge < -0.3 is 15.4 Å². The van der Waals surface area contributed by atoms with Crippen molar-refractivity contribution < 1.29 is 22.7 Å². The van der Waals surface area contributed by atoms with E-state index in [1.54, 1.807) is 24.3 Å². The fraction of sp³-hybridized carbons (Fsp3) is 0.318. The molecule has 0 unspecified atom stereocenters. The van der Waals surface area contributed by atoms with E-state index in [-0.39, 0.29) is 30.5 Å². The molecule has 1 aliphatic carbocycles. The van der Waals surface area contributed by atoms with E-state index in [0.717, 1.165) is 25.0 Å². The second-order valence-electron chi connectivity index (χ2n) is 7.62. The summed E-state index contributed by atoms with van der Waals surface area (Å²) in [5, 5.41) is 9.58. The normalized spacial score (nSPS) is 13.6. The van der Waals surface area contributed by atoms with E-state index in [0.29, 0.717) is 11.4 Å². The second-order valence-corrected chi connectivity index (χ2v) is 7.62. The number of ether oxygens (including phenoxy) is 1. The van der Waals surface area contributed by atoms with E-state index in [2.05, 4.69) is 15.7 Å². The maximum Gasteiger partial charge on any atom is 0.416 e. The maximum absolute atomic E-state index is 13.1. The van der Waals surface area contributed by atoms with Gasteiger partial charge in [0.05, 0.1) is 19.2 Å². The van der Waals surface area contributed by atoms with Crippen molar-refractivity contribution in [1.82, 2.24) is 19.7 Å². The Labute approximate surface area is 187 Å². The lowest BCUT2D eigenvalue weighted by atomic mass is 10.1. The zero-order valence-corrected chi connectivity index (χ0v) is 17.7. The van der Waals surface area contributed by atoms with Crippen molar-refractivity contribution in [3.05, 3.63) is 64.6 Å². The Bertz CT molecular complexity index is 1210. The van der Waals surface area contributed by atoms with Gasteiger partial charge in [-0.1, -0.05) is 18.2 Å². The van der Waals surface area contributed by atoms with Gasteiger partial charge in [-0.25, -0.2) is 14.3 Å². The molecule has 1 aromatic heterocycles. The average molecular weight is 461 g/mol. The molecule has 1 fully saturated rings. The summed E-state index contributed by atoms with van der Waals surface area (Å²) in [4.78, 5) is 25.0. The summed E-state index contributed by atoms with van der Waals surface area (Å²) >= 11 is 0. The number of hydrogen-bond acceptors (Lipinski definition) is 4. The molecule has 1 heterocycles. The van der Waals surface area contributed by atoms with E-state index < -0.39 is 23.5 Å². The van der Waals surface area contributed by atoms with Gasteiger partial charge in [0.15, 0.2) is 5.82 Å². The predicted molar refractivity (Wildman–Crippen MR) is 115 cm³/mol. The number of nitrogens with one attached hydrogen (secondary N) is 2. The number of anilines is 1. The van der Waals surface area contributed by atoms with Crippen molar-refractivity contribution in [2.75, 3.05) is 19.0 Å². The van der Waals surface area contributed by atoms with E-state index in [4.69, 9.17) is 4.74 Å². The number of urea groups is 1. The van der Waals surface area contributed by atoms with Crippen LogP contribution in [-0.2, 0) is 12.7 Å². The molecule has 11 heteroatoms. The number of benzene rings is 2. The molecule has 174 valence electrons. The molecular formula is C22H22F3N5O3. The molecule has 0 bridgehead atoms. The third kappa shape index (κ3) is 5.18. The highest BCUT2D eigenvalue weighted by atomic mass is 19.4. The van der Waals surface area contributed by atoms with Crippen molar-refractivity contribution in [2.24, 2.45) is 0 Å². The highest BCUT2D eigenvalue weighted by Gasteiger charge is 2.33. The molecule has 33 heavy (non-hydrogen) atoms. The molecule has 4 rings (SSSR count). The molecule has 0 atom stereocenters. The summed E-state index contributed by atoms with van der Waals surface area (Å²) in [5.74, 6) is 0.779. The number of rotatable bonds is 7. The molecule has 2 N–H and O–H groups in total. The van der Waals surface area contributed by atoms with Crippen LogP contribution in [0.15, 0.2) is 53.3 Å². The van der Waals surface area contributed by atoms with Crippen molar-refractivity contribution in [2.45, 2.75) is 31.6 Å². The van der Waals surface area contributed by atoms with Crippen LogP contribution in [0.25, 0.3) is 11.4 Å². The minimum Gasteiger partial charge on any atom is -0.497 e. The fourth-order valence-electron chi connectivity index (χ4n) is 3.41. The minimum absolute atomic E-state index is 0.0655. The monoisotopic (exact) mass is 461 g/mol. The van der Waals surface area contributed by atoms with Crippen molar-refractivity contribution >= 4 is 11.7 Å². The largest absolute Gasteiger partial charge is 0.497 e. The van der Waals surface area contributed by atoms with Crippen LogP contribution in [0.4, 0.5) is 23.7 Å². The van der Waals surface area contributed by atoms with Crippen LogP contribution in [0.2, 0.25) is 0 Å². The Hall–Kier alpha value is -3.76. The Balaban J connectivity index is 1.47. The lowest BCUT2D eigenvalue weighted by Gasteiger charge is -2.09. The van der Waals surface area contributed by atoms with Gasteiger partial charge in [0.1, 0.15) is 5.75 Å². The average Bonchev–Trinajstić information content (AvgIpc) is 3.57. The van der Waals surface area contributed by atoms with Crippen molar-refractivity contribution in [3.63, 3.8) is 0 Å². The van der Waals surface area contributed by atoms with Crippen LogP contribution in [0.5, 0.6) is 5.75 Å². The topological polar surface area (TPSA) is 90.2 Å². The van der Waals surface area contributed by atoms with Gasteiger partial charge in [-0.05, 0) is 37.1 Å². The van der Waals surface area contributed by atoms with Gasteiger partial charge >= 0.3 is 17.9 Å². The summed E-state index contributed by atoms with van der Waals surface area (Å²) in [6.45, 7) is 0.162. The Morgan fingerprint density at radius 2 is 1.94 bits per heavy atom. The highest BCUT2D eigenvalue weighted by molar-refractivity contribution is 5.89. The quantitative estimate of drug-likeness (QED) is 0.559. The van der Waals surface area contributed by atoms with Crippen LogP contribution < -0.4 is 21.1 Å². The van der Waals surface area contributed by atoms with Crippen molar-refractivity contribution in [1.29, 1.82) is 0 Å². The number of amides is 2. The SMILES string of the molecule is COc1cccc(NC(=O)NCCn2nc(-c3cccc(C(F)(F)F)c3)n(C3CC3)c2=O)c1. The highest BCUT2D eigenvalue weighted by Crippen LogP contribution is 2.37. The number of aromatic nitrogens is 3. The molecule has 2 amide bonds. The fourth-order valence-corrected chi connectivity index (χ4v) is 3.41. The summed E-state index contributed by atoms with van der Waals surface area (Å²) in [5.41, 5.74) is -0.467. The third-order valence-corrected chi connectivity index (χ3v) is 5.17. The lowest BCUT2D eigenvalue weighted by Crippen LogP contribution is -2.34. The molecule has 2 aromatic carbocycles. The first-order valence-corrected chi connectivity index (χ1v) is 10.3. The molecule has 1 saturated carbocycles. The number of hydrogen-bond donors (Lipinski definition) is 2. The molecule has 3 aromatic rings. The Morgan fingerprint density at radius 1 is 1.18 bits per heavy atom. The van der Waals surface area contributed by atoms with Gasteiger partial charge in [-0.2, -0.15) is 13.2 Å². The van der Waals surface area contributed by atoms with Gasteiger partial charge in [0.25, 0.3) is 0 Å². The maximum atomic E-state index is 13.1. The van der Waals surface area contributed by atoms with Crippen LogP contribution >= 0.6 is 0 Å². The summed E-state index contributed by atoms with van der Waals surface area (Å²) in [6, 6.07) is 11.0. The smallest absolute Gasteiger partial charge is 0.416 e. The van der Waals surface area contributed by atoms with Gasteiger partial charge in [-0.15, -0.1) is 5.10 Å². The Morgan fingerprint density at radius 3 is 2.64 bits per heavy atom. The first-order chi connectivity index (χ1) is 15.8. The Kier molecular flexibility index (Phi) is 6.12. The molecular weight excluding hydrogens is 439 g/mol. The molecule has 1 aliphatic rings. The first kappa shape index (κ1) is 22.4. The van der Waals surface area contributed by atoms with Crippen LogP contribution in [-0.4, -0.2) is 34.0 Å². The van der Waals surface area contributed by atoms with E-state index >= 15 is 0 Å². The summed E-state index contributed by atoms with van der Waals surface area (Å²) < 4.78 is 47.1. The van der Waals surface area contributed by atoms with Crippen LogP contribution in [0.3, 0.4) is 0 Å². The van der Waals surface area contributed by atoms with Crippen LogP contribution in [0, 0.1) is 0 Å². The third-order valence-electron chi connectivity index (χ3n) is 5.17. The van der Waals surface area contributed by atoms with Gasteiger partial charge in [-0.3, -0.25) is 4.57 Å². The molecule has 0 radical (unpaired) electrons. The number of alkyl halides is 3. The van der Waals surface area contributed by atoms with Gasteiger partial charge in [0, 0.05) is 29.9 Å². The summed E-state index contributed by atoms with van der Waals surface area (Å²) in [7, 11) is 1.52. The van der Waals surface area contributed by atoms with Crippen molar-refractivity contribution in [3.8, 4) is 17.1 Å². The van der Waals surface area contributed by atoms with E-state index in [1.807, 2.05) is 0 Å². The van der Waals surface area contributed by atoms with E-state index in [9.17, 15) is 22.8 Å². The number of methoxy groups -OCH3 is 1. The lowest BCUT2D eigenvalue weighted by molar-refractivity contribution is -0.137. The number of carbonyl (C=O) groups is 1. The molecule has 8 nitrogen and oxygen atoms in total. The number of carbonyl (C=O) groups excluding carboxylic acids is 1. The van der Waals surface area contributed by atoms with Crippen LogP contribution in [0.1, 0.15) is 24.4 Å². The number of halogens is 3. The predicted octanol–water partition coefficient (Wildman–Crippen LogP) is 3.90. The second kappa shape index (κ2) is 9.00. The molecule has 0 saturated heterocycles. The zero-order chi connectivity index (χ0) is 23.6.